The Hall–Kier alpha value is -3.28. The minimum absolute atomic E-state index is 0.507. The van der Waals surface area contributed by atoms with Crippen molar-refractivity contribution in [1.82, 2.24) is 9.97 Å². The molecule has 0 radical (unpaired) electrons. The second-order valence-corrected chi connectivity index (χ2v) is 5.40. The zero-order valence-corrected chi connectivity index (χ0v) is 14.9. The second kappa shape index (κ2) is 8.71. The molecule has 1 aromatic heterocycles. The smallest absolute Gasteiger partial charge is 0.229 e. The Labute approximate surface area is 153 Å². The molecule has 0 amide bonds. The fraction of sp³-hybridized carbons (Fsp3) is 0.200. The molecular weight excluding hydrogens is 328 g/mol. The van der Waals surface area contributed by atoms with Gasteiger partial charge < -0.3 is 20.1 Å². The van der Waals surface area contributed by atoms with Crippen LogP contribution in [0.15, 0.2) is 60.8 Å². The molecule has 0 aliphatic heterocycles. The predicted molar refractivity (Wildman–Crippen MR) is 104 cm³/mol. The van der Waals surface area contributed by atoms with Crippen LogP contribution in [0.1, 0.15) is 13.8 Å². The maximum Gasteiger partial charge on any atom is 0.229 e. The highest BCUT2D eigenvalue weighted by Crippen LogP contribution is 2.27. The Morgan fingerprint density at radius 1 is 0.846 bits per heavy atom. The number of nitrogens with one attached hydrogen (secondary N) is 2. The van der Waals surface area contributed by atoms with Gasteiger partial charge in [0, 0.05) is 11.9 Å². The summed E-state index contributed by atoms with van der Waals surface area (Å²) in [5.41, 5.74) is 1.75. The van der Waals surface area contributed by atoms with E-state index in [2.05, 4.69) is 20.6 Å². The van der Waals surface area contributed by atoms with Crippen LogP contribution in [0.3, 0.4) is 0 Å². The summed E-state index contributed by atoms with van der Waals surface area (Å²) in [5, 5.41) is 6.46. The minimum atomic E-state index is 0.507. The van der Waals surface area contributed by atoms with Crippen LogP contribution in [0.4, 0.5) is 23.1 Å². The van der Waals surface area contributed by atoms with E-state index in [0.717, 1.165) is 22.9 Å². The molecule has 0 saturated heterocycles. The maximum atomic E-state index is 5.63. The summed E-state index contributed by atoms with van der Waals surface area (Å²) in [6.45, 7) is 5.17. The number of ether oxygens (including phenoxy) is 2. The summed E-state index contributed by atoms with van der Waals surface area (Å²) in [6.07, 6.45) is 1.70. The van der Waals surface area contributed by atoms with E-state index in [0.29, 0.717) is 25.0 Å². The van der Waals surface area contributed by atoms with Crippen LogP contribution in [0.2, 0.25) is 0 Å². The number of benzene rings is 2. The third kappa shape index (κ3) is 4.63. The highest BCUT2D eigenvalue weighted by Gasteiger charge is 2.05. The molecule has 0 aliphatic rings. The molecular formula is C20H22N4O2. The van der Waals surface area contributed by atoms with Crippen molar-refractivity contribution in [2.24, 2.45) is 0 Å². The molecule has 0 bridgehead atoms. The lowest BCUT2D eigenvalue weighted by atomic mass is 10.3. The van der Waals surface area contributed by atoms with E-state index in [1.165, 1.54) is 0 Å². The number of nitrogens with zero attached hydrogens (tertiary/aromatic N) is 2. The van der Waals surface area contributed by atoms with Crippen molar-refractivity contribution in [2.45, 2.75) is 13.8 Å². The normalized spacial score (nSPS) is 10.2. The molecule has 6 heteroatoms. The lowest BCUT2D eigenvalue weighted by molar-refractivity contribution is 0.340. The average molecular weight is 350 g/mol. The number of para-hydroxylation sites is 2. The van der Waals surface area contributed by atoms with Gasteiger partial charge >= 0.3 is 0 Å². The molecule has 1 heterocycles. The fourth-order valence-electron chi connectivity index (χ4n) is 2.41. The van der Waals surface area contributed by atoms with Crippen molar-refractivity contribution in [3.63, 3.8) is 0 Å². The van der Waals surface area contributed by atoms with Crippen LogP contribution in [0.25, 0.3) is 0 Å². The quantitative estimate of drug-likeness (QED) is 0.610. The summed E-state index contributed by atoms with van der Waals surface area (Å²) >= 11 is 0. The fourth-order valence-corrected chi connectivity index (χ4v) is 2.41. The van der Waals surface area contributed by atoms with E-state index in [4.69, 9.17) is 9.47 Å². The van der Waals surface area contributed by atoms with Crippen molar-refractivity contribution in [3.8, 4) is 11.5 Å². The number of hydrogen-bond donors (Lipinski definition) is 2. The Morgan fingerprint density at radius 3 is 2.38 bits per heavy atom. The minimum Gasteiger partial charge on any atom is -0.494 e. The van der Waals surface area contributed by atoms with Gasteiger partial charge in [0.2, 0.25) is 5.95 Å². The molecule has 134 valence electrons. The molecule has 0 saturated carbocycles. The average Bonchev–Trinajstić information content (AvgIpc) is 2.66. The molecule has 0 atom stereocenters. The highest BCUT2D eigenvalue weighted by molar-refractivity contribution is 5.65. The van der Waals surface area contributed by atoms with Gasteiger partial charge in [-0.1, -0.05) is 12.1 Å². The number of anilines is 4. The van der Waals surface area contributed by atoms with Gasteiger partial charge in [-0.3, -0.25) is 0 Å². The first kappa shape index (κ1) is 17.5. The van der Waals surface area contributed by atoms with E-state index in [-0.39, 0.29) is 0 Å². The lowest BCUT2D eigenvalue weighted by Crippen LogP contribution is -2.02. The van der Waals surface area contributed by atoms with Crippen molar-refractivity contribution >= 4 is 23.1 Å². The Morgan fingerprint density at radius 2 is 1.62 bits per heavy atom. The van der Waals surface area contributed by atoms with Crippen LogP contribution in [-0.2, 0) is 0 Å². The Bertz CT molecular complexity index is 837. The predicted octanol–water partition coefficient (Wildman–Crippen LogP) is 4.76. The molecule has 3 aromatic rings. The monoisotopic (exact) mass is 350 g/mol. The molecule has 2 aromatic carbocycles. The van der Waals surface area contributed by atoms with Gasteiger partial charge in [-0.05, 0) is 56.3 Å². The first-order valence-corrected chi connectivity index (χ1v) is 8.60. The van der Waals surface area contributed by atoms with Gasteiger partial charge in [0.25, 0.3) is 0 Å². The van der Waals surface area contributed by atoms with Crippen molar-refractivity contribution in [2.75, 3.05) is 23.8 Å². The van der Waals surface area contributed by atoms with Crippen LogP contribution < -0.4 is 20.1 Å². The molecule has 0 fully saturated rings. The van der Waals surface area contributed by atoms with E-state index >= 15 is 0 Å². The summed E-state index contributed by atoms with van der Waals surface area (Å²) in [5.74, 6) is 2.81. The Balaban J connectivity index is 1.72. The summed E-state index contributed by atoms with van der Waals surface area (Å²) in [4.78, 5) is 8.77. The topological polar surface area (TPSA) is 68.3 Å². The van der Waals surface area contributed by atoms with Gasteiger partial charge in [-0.2, -0.15) is 4.98 Å². The maximum absolute atomic E-state index is 5.63. The van der Waals surface area contributed by atoms with Gasteiger partial charge in [0.15, 0.2) is 0 Å². The van der Waals surface area contributed by atoms with Crippen LogP contribution >= 0.6 is 0 Å². The number of aromatic nitrogens is 2. The van der Waals surface area contributed by atoms with E-state index < -0.39 is 0 Å². The third-order valence-electron chi connectivity index (χ3n) is 3.53. The number of rotatable bonds is 8. The summed E-state index contributed by atoms with van der Waals surface area (Å²) < 4.78 is 11.1. The molecule has 0 unspecified atom stereocenters. The summed E-state index contributed by atoms with van der Waals surface area (Å²) in [7, 11) is 0. The van der Waals surface area contributed by atoms with E-state index in [1.807, 2.05) is 68.4 Å². The van der Waals surface area contributed by atoms with Crippen LogP contribution in [0.5, 0.6) is 11.5 Å². The van der Waals surface area contributed by atoms with Gasteiger partial charge in [-0.25, -0.2) is 4.98 Å². The van der Waals surface area contributed by atoms with Gasteiger partial charge in [0.05, 0.1) is 18.9 Å². The number of hydrogen-bond acceptors (Lipinski definition) is 6. The van der Waals surface area contributed by atoms with Crippen LogP contribution in [-0.4, -0.2) is 23.2 Å². The standard InChI is InChI=1S/C20H22N4O2/c1-3-25-16-11-9-15(10-12-16)22-20-21-14-13-19(24-20)23-17-7-5-6-8-18(17)26-4-2/h5-14H,3-4H2,1-2H3,(H2,21,22,23,24). The zero-order valence-electron chi connectivity index (χ0n) is 14.9. The van der Waals surface area contributed by atoms with Crippen molar-refractivity contribution in [1.29, 1.82) is 0 Å². The molecule has 0 spiro atoms. The zero-order chi connectivity index (χ0) is 18.2. The van der Waals surface area contributed by atoms with Gasteiger partial charge in [-0.15, -0.1) is 0 Å². The van der Waals surface area contributed by atoms with Crippen molar-refractivity contribution in [3.05, 3.63) is 60.8 Å². The lowest BCUT2D eigenvalue weighted by Gasteiger charge is -2.12. The SMILES string of the molecule is CCOc1ccc(Nc2nccc(Nc3ccccc3OCC)n2)cc1. The van der Waals surface area contributed by atoms with E-state index in [9.17, 15) is 0 Å². The first-order chi connectivity index (χ1) is 12.8. The molecule has 0 aliphatic carbocycles. The van der Waals surface area contributed by atoms with E-state index in [1.54, 1.807) is 6.20 Å². The second-order valence-electron chi connectivity index (χ2n) is 5.40. The van der Waals surface area contributed by atoms with Crippen LogP contribution in [0, 0.1) is 0 Å². The molecule has 26 heavy (non-hydrogen) atoms. The molecule has 2 N–H and O–H groups in total. The largest absolute Gasteiger partial charge is 0.494 e. The Kier molecular flexibility index (Phi) is 5.88. The van der Waals surface area contributed by atoms with Crippen molar-refractivity contribution < 1.29 is 9.47 Å². The summed E-state index contributed by atoms with van der Waals surface area (Å²) in [6, 6.07) is 17.3. The molecule has 3 rings (SSSR count). The third-order valence-corrected chi connectivity index (χ3v) is 3.53. The molecule has 6 nitrogen and oxygen atoms in total. The highest BCUT2D eigenvalue weighted by atomic mass is 16.5. The first-order valence-electron chi connectivity index (χ1n) is 8.60. The van der Waals surface area contributed by atoms with Gasteiger partial charge in [0.1, 0.15) is 17.3 Å².